The minimum Gasteiger partial charge on any atom is -0.307 e. The monoisotopic (exact) mass is 154 g/mol. The van der Waals surface area contributed by atoms with Gasteiger partial charge in [-0.05, 0) is 0 Å². The Bertz CT molecular complexity index is 26.4. The van der Waals surface area contributed by atoms with Gasteiger partial charge in [0.25, 0.3) is 0 Å². The molecule has 0 aliphatic carbocycles. The fraction of sp³-hybridized carbons (Fsp3) is 0. The average Bonchev–Trinajstić information content (AvgIpc) is 1.39. The summed E-state index contributed by atoms with van der Waals surface area (Å²) in [6.45, 7) is 0. The van der Waals surface area contributed by atoms with Gasteiger partial charge >= 0.3 is 36.3 Å². The molecule has 0 radical (unpaired) electrons. The topological polar surface area (TPSA) is 121 Å². The Hall–Kier alpha value is 0.860. The van der Waals surface area contributed by atoms with Gasteiger partial charge < -0.3 is 20.1 Å². The molecule has 0 amide bonds. The summed E-state index contributed by atoms with van der Waals surface area (Å²) < 4.78 is 15.0. The van der Waals surface area contributed by atoms with Crippen molar-refractivity contribution in [1.82, 2.24) is 0 Å². The van der Waals surface area contributed by atoms with Crippen molar-refractivity contribution >= 4 is 43.8 Å². The van der Waals surface area contributed by atoms with Gasteiger partial charge in [-0.15, -0.1) is 0 Å². The third-order valence-corrected chi connectivity index (χ3v) is 0. The zero-order chi connectivity index (χ0) is 5.41. The molecule has 6 N–H and O–H groups in total. The summed E-state index contributed by atoms with van der Waals surface area (Å²) >= 11 is 0.438. The molecule has 0 bridgehead atoms. The van der Waals surface area contributed by atoms with Crippen LogP contribution in [-0.4, -0.2) is 51.5 Å². The van der Waals surface area contributed by atoms with Crippen LogP contribution >= 0.6 is 12.3 Å². The first-order valence-corrected chi connectivity index (χ1v) is 3.06. The van der Waals surface area contributed by atoms with Crippen LogP contribution in [0.2, 0.25) is 0 Å². The van der Waals surface area contributed by atoms with Gasteiger partial charge in [0.15, 0.2) is 12.3 Å². The summed E-state index contributed by atoms with van der Waals surface area (Å²) in [6.07, 6.45) is 0. The van der Waals surface area contributed by atoms with Crippen molar-refractivity contribution < 1.29 is 24.9 Å². The maximum Gasteiger partial charge on any atom is 0.152 e. The molecule has 0 atom stereocenters. The minimum atomic E-state index is -0.250. The molecule has 8 heavy (non-hydrogen) atoms. The van der Waals surface area contributed by atoms with Gasteiger partial charge in [-0.3, -0.25) is 0 Å². The fourth-order valence-corrected chi connectivity index (χ4v) is 0. The molecule has 0 aromatic carbocycles. The molecule has 0 fully saturated rings. The van der Waals surface area contributed by atoms with Crippen LogP contribution in [0, 0.1) is 0 Å². The molecule has 0 spiro atoms. The molecule has 0 aromatic heterocycles. The maximum absolute atomic E-state index is 8.87. The Morgan fingerprint density at radius 2 is 1.38 bits per heavy atom. The molecule has 0 saturated heterocycles. The van der Waals surface area contributed by atoms with Crippen LogP contribution in [-0.2, 0) is 4.79 Å². The van der Waals surface area contributed by atoms with Gasteiger partial charge in [0.05, 0.1) is 0 Å². The van der Waals surface area contributed by atoms with E-state index in [4.69, 9.17) is 13.9 Å². The Balaban J connectivity index is -0.0000000160. The SMILES string of the molecule is O.O.O=[CH][Na].OSO. The normalized spacial score (nSPS) is 4.00. The average molecular weight is 154 g/mol. The van der Waals surface area contributed by atoms with Crippen molar-refractivity contribution in [2.75, 3.05) is 0 Å². The molecular formula is CH7NaO5S. The third kappa shape index (κ3) is 319. The summed E-state index contributed by atoms with van der Waals surface area (Å²) in [5, 5.41) is 0. The first-order valence-electron chi connectivity index (χ1n) is 1.18. The van der Waals surface area contributed by atoms with Gasteiger partial charge in [0.1, 0.15) is 0 Å². The Morgan fingerprint density at radius 3 is 1.38 bits per heavy atom. The van der Waals surface area contributed by atoms with Crippen LogP contribution in [0.25, 0.3) is 0 Å². The molecule has 0 rings (SSSR count). The van der Waals surface area contributed by atoms with Crippen molar-refractivity contribution in [3.05, 3.63) is 0 Å². The van der Waals surface area contributed by atoms with E-state index in [1.54, 1.807) is 0 Å². The van der Waals surface area contributed by atoms with Crippen LogP contribution < -0.4 is 0 Å². The number of carbonyl (C=O) groups is 1. The van der Waals surface area contributed by atoms with Crippen molar-refractivity contribution in [1.29, 1.82) is 0 Å². The molecule has 0 unspecified atom stereocenters. The van der Waals surface area contributed by atoms with Gasteiger partial charge in [0, 0.05) is 0 Å². The predicted octanol–water partition coefficient (Wildman–Crippen LogP) is -1.64. The van der Waals surface area contributed by atoms with E-state index in [1.807, 2.05) is 0 Å². The number of hydrogen-bond donors (Lipinski definition) is 2. The largest absolute Gasteiger partial charge is 0.307 e. The zero-order valence-corrected chi connectivity index (χ0v) is 7.10. The van der Waals surface area contributed by atoms with E-state index in [9.17, 15) is 0 Å². The van der Waals surface area contributed by atoms with E-state index in [0.29, 0.717) is 27.9 Å². The third-order valence-electron chi connectivity index (χ3n) is 0. The van der Waals surface area contributed by atoms with Crippen molar-refractivity contribution in [2.45, 2.75) is 0 Å². The molecule has 0 saturated carbocycles. The second-order valence-corrected chi connectivity index (χ2v) is 0.952. The van der Waals surface area contributed by atoms with Crippen LogP contribution in [0.15, 0.2) is 0 Å². The van der Waals surface area contributed by atoms with Crippen LogP contribution in [0.4, 0.5) is 0 Å². The van der Waals surface area contributed by atoms with Gasteiger partial charge in [0.2, 0.25) is 0 Å². The minimum absolute atomic E-state index is 0. The fourth-order valence-electron chi connectivity index (χ4n) is 0. The molecule has 0 aliphatic heterocycles. The molecule has 0 aromatic rings. The first-order chi connectivity index (χ1) is 2.83. The van der Waals surface area contributed by atoms with Gasteiger partial charge in [-0.25, -0.2) is 0 Å². The molecule has 0 heterocycles. The summed E-state index contributed by atoms with van der Waals surface area (Å²) in [6, 6.07) is 0. The van der Waals surface area contributed by atoms with Crippen molar-refractivity contribution in [3.8, 4) is 0 Å². The summed E-state index contributed by atoms with van der Waals surface area (Å²) in [7, 11) is 0. The van der Waals surface area contributed by atoms with Crippen molar-refractivity contribution in [2.24, 2.45) is 0 Å². The van der Waals surface area contributed by atoms with Crippen molar-refractivity contribution in [3.63, 3.8) is 0 Å². The summed E-state index contributed by atoms with van der Waals surface area (Å²) in [5.41, 5.74) is 0. The molecule has 0 aliphatic rings. The standard InChI is InChI=1S/CHO.Na.H2O2S.2H2O/c1-2;;1-3-2;;/h1H;;1-2H;2*1H2. The molecule has 7 heteroatoms. The summed E-state index contributed by atoms with van der Waals surface area (Å²) in [5.74, 6) is 0. The van der Waals surface area contributed by atoms with Crippen LogP contribution in [0.3, 0.4) is 0 Å². The number of carbonyl (C=O) groups excluding carboxylic acids is 1. The number of hydrogen-bond acceptors (Lipinski definition) is 4. The van der Waals surface area contributed by atoms with Gasteiger partial charge in [-0.2, -0.15) is 0 Å². The Labute approximate surface area is 68.5 Å². The Kier molecular flexibility index (Phi) is 131. The first kappa shape index (κ1) is 23.2. The van der Waals surface area contributed by atoms with E-state index in [0.717, 1.165) is 3.54 Å². The van der Waals surface area contributed by atoms with E-state index >= 15 is 0 Å². The molecule has 48 valence electrons. The van der Waals surface area contributed by atoms with E-state index in [-0.39, 0.29) is 23.3 Å². The van der Waals surface area contributed by atoms with E-state index in [2.05, 4.69) is 0 Å². The van der Waals surface area contributed by atoms with Crippen LogP contribution in [0.1, 0.15) is 0 Å². The summed E-state index contributed by atoms with van der Waals surface area (Å²) in [4.78, 5) is 8.87. The molecular weight excluding hydrogens is 147 g/mol. The van der Waals surface area contributed by atoms with Crippen LogP contribution in [0.5, 0.6) is 0 Å². The van der Waals surface area contributed by atoms with Gasteiger partial charge in [-0.1, -0.05) is 0 Å². The Morgan fingerprint density at radius 1 is 1.38 bits per heavy atom. The molecule has 5 nitrogen and oxygen atoms in total. The zero-order valence-electron chi connectivity index (χ0n) is 4.29. The maximum atomic E-state index is 8.87. The second kappa shape index (κ2) is 45.2. The predicted molar refractivity (Wildman–Crippen MR) is 32.6 cm³/mol. The second-order valence-electron chi connectivity index (χ2n) is 0.317. The quantitative estimate of drug-likeness (QED) is 0.247. The number of rotatable bonds is 0. The van der Waals surface area contributed by atoms with E-state index in [1.165, 1.54) is 0 Å². The smallest absolute Gasteiger partial charge is 0.152 e. The van der Waals surface area contributed by atoms with E-state index < -0.39 is 0 Å².